The maximum absolute atomic E-state index is 12.9. The molecular weight excluding hydrogens is 330 g/mol. The Kier molecular flexibility index (Phi) is 4.54. The molecule has 1 aromatic heterocycles. The second kappa shape index (κ2) is 7.14. The summed E-state index contributed by atoms with van der Waals surface area (Å²) in [5, 5.41) is 0.740. The van der Waals surface area contributed by atoms with E-state index < -0.39 is 5.63 Å². The second-order valence-corrected chi connectivity index (χ2v) is 6.42. The highest BCUT2D eigenvalue weighted by Gasteiger charge is 2.27. The summed E-state index contributed by atoms with van der Waals surface area (Å²) in [4.78, 5) is 26.8. The van der Waals surface area contributed by atoms with Crippen molar-refractivity contribution in [2.45, 2.75) is 12.5 Å². The van der Waals surface area contributed by atoms with Crippen LogP contribution in [-0.2, 0) is 11.2 Å². The van der Waals surface area contributed by atoms with Crippen molar-refractivity contribution in [1.82, 2.24) is 4.90 Å². The molecule has 5 nitrogen and oxygen atoms in total. The summed E-state index contributed by atoms with van der Waals surface area (Å²) in [5.74, 6) is -0.300. The van der Waals surface area contributed by atoms with Gasteiger partial charge in [-0.15, -0.1) is 0 Å². The minimum Gasteiger partial charge on any atom is -0.422 e. The summed E-state index contributed by atoms with van der Waals surface area (Å²) in [6, 6.07) is 18.8. The molecule has 0 radical (unpaired) electrons. The van der Waals surface area contributed by atoms with Crippen molar-refractivity contribution in [3.8, 4) is 0 Å². The maximum Gasteiger partial charge on any atom is 0.349 e. The van der Waals surface area contributed by atoms with Crippen molar-refractivity contribution in [3.05, 3.63) is 82.2 Å². The van der Waals surface area contributed by atoms with Crippen LogP contribution in [0.5, 0.6) is 0 Å². The molecule has 4 rings (SSSR count). The van der Waals surface area contributed by atoms with Crippen molar-refractivity contribution in [2.75, 3.05) is 19.7 Å². The van der Waals surface area contributed by atoms with Crippen LogP contribution in [0.1, 0.15) is 15.9 Å². The summed E-state index contributed by atoms with van der Waals surface area (Å²) in [6.45, 7) is 1.39. The highest BCUT2D eigenvalue weighted by molar-refractivity contribution is 5.96. The molecule has 0 saturated carbocycles. The number of fused-ring (bicyclic) bond motifs is 1. The summed E-state index contributed by atoms with van der Waals surface area (Å²) in [7, 11) is 0. The van der Waals surface area contributed by atoms with Crippen molar-refractivity contribution in [3.63, 3.8) is 0 Å². The predicted molar refractivity (Wildman–Crippen MR) is 98.3 cm³/mol. The van der Waals surface area contributed by atoms with Crippen LogP contribution in [-0.4, -0.2) is 36.6 Å². The van der Waals surface area contributed by atoms with Crippen LogP contribution < -0.4 is 5.63 Å². The van der Waals surface area contributed by atoms with E-state index in [9.17, 15) is 9.59 Å². The number of hydrogen-bond acceptors (Lipinski definition) is 4. The van der Waals surface area contributed by atoms with E-state index in [2.05, 4.69) is 0 Å². The number of para-hydroxylation sites is 1. The molecule has 2 aromatic carbocycles. The van der Waals surface area contributed by atoms with Crippen LogP contribution in [0.25, 0.3) is 11.0 Å². The number of ether oxygens (including phenoxy) is 1. The molecule has 26 heavy (non-hydrogen) atoms. The van der Waals surface area contributed by atoms with Gasteiger partial charge in [-0.25, -0.2) is 4.79 Å². The Balaban J connectivity index is 1.54. The van der Waals surface area contributed by atoms with Crippen LogP contribution in [0.3, 0.4) is 0 Å². The summed E-state index contributed by atoms with van der Waals surface area (Å²) >= 11 is 0. The standard InChI is InChI=1S/C21H19NO4/c23-20(18-13-16-8-4-5-9-19(16)26-21(18)24)22-10-11-25-17(14-22)12-15-6-2-1-3-7-15/h1-9,13,17H,10-12,14H2. The number of carbonyl (C=O) groups excluding carboxylic acids is 1. The van der Waals surface area contributed by atoms with Gasteiger partial charge in [0.1, 0.15) is 11.1 Å². The fourth-order valence-electron chi connectivity index (χ4n) is 3.29. The first-order valence-corrected chi connectivity index (χ1v) is 8.68. The number of benzene rings is 2. The number of rotatable bonds is 3. The first kappa shape index (κ1) is 16.5. The highest BCUT2D eigenvalue weighted by atomic mass is 16.5. The Bertz CT molecular complexity index is 980. The van der Waals surface area contributed by atoms with Crippen LogP contribution >= 0.6 is 0 Å². The molecule has 1 aliphatic rings. The molecule has 1 atom stereocenters. The van der Waals surface area contributed by atoms with E-state index in [1.165, 1.54) is 0 Å². The molecule has 132 valence electrons. The van der Waals surface area contributed by atoms with E-state index in [4.69, 9.17) is 9.15 Å². The zero-order valence-corrected chi connectivity index (χ0v) is 14.3. The van der Waals surface area contributed by atoms with E-state index in [-0.39, 0.29) is 17.6 Å². The smallest absolute Gasteiger partial charge is 0.349 e. The van der Waals surface area contributed by atoms with E-state index in [1.54, 1.807) is 23.1 Å². The monoisotopic (exact) mass is 349 g/mol. The first-order chi connectivity index (χ1) is 12.7. The third-order valence-corrected chi connectivity index (χ3v) is 4.60. The summed E-state index contributed by atoms with van der Waals surface area (Å²) in [5.41, 5.74) is 1.12. The Labute approximate surface area is 150 Å². The molecule has 1 unspecified atom stereocenters. The van der Waals surface area contributed by atoms with E-state index >= 15 is 0 Å². The highest BCUT2D eigenvalue weighted by Crippen LogP contribution is 2.16. The molecule has 0 aliphatic carbocycles. The number of amides is 1. The normalized spacial score (nSPS) is 17.4. The SMILES string of the molecule is O=C(c1cc2ccccc2oc1=O)N1CCOC(Cc2ccccc2)C1. The van der Waals surface area contributed by atoms with Gasteiger partial charge in [0.25, 0.3) is 5.91 Å². The molecule has 5 heteroatoms. The van der Waals surface area contributed by atoms with Crippen molar-refractivity contribution in [1.29, 1.82) is 0 Å². The molecule has 1 fully saturated rings. The van der Waals surface area contributed by atoms with Crippen LogP contribution in [0.15, 0.2) is 69.9 Å². The maximum atomic E-state index is 12.9. The third-order valence-electron chi connectivity index (χ3n) is 4.60. The number of hydrogen-bond donors (Lipinski definition) is 0. The van der Waals surface area contributed by atoms with Gasteiger partial charge in [0.05, 0.1) is 12.7 Å². The molecule has 3 aromatic rings. The average Bonchev–Trinajstić information content (AvgIpc) is 2.68. The number of nitrogens with zero attached hydrogens (tertiary/aromatic N) is 1. The Morgan fingerprint density at radius 1 is 1.08 bits per heavy atom. The van der Waals surface area contributed by atoms with Gasteiger partial charge in [-0.05, 0) is 17.7 Å². The molecule has 0 spiro atoms. The lowest BCUT2D eigenvalue weighted by atomic mass is 10.1. The van der Waals surface area contributed by atoms with Crippen molar-refractivity contribution in [2.24, 2.45) is 0 Å². The molecular formula is C21H19NO4. The van der Waals surface area contributed by atoms with E-state index in [0.717, 1.165) is 17.4 Å². The Morgan fingerprint density at radius 3 is 2.69 bits per heavy atom. The van der Waals surface area contributed by atoms with Gasteiger partial charge in [-0.1, -0.05) is 48.5 Å². The number of carbonyl (C=O) groups is 1. The molecule has 1 saturated heterocycles. The minimum atomic E-state index is -0.597. The molecule has 1 amide bonds. The summed E-state index contributed by atoms with van der Waals surface area (Å²) in [6.07, 6.45) is 0.652. The minimum absolute atomic E-state index is 0.0732. The van der Waals surface area contributed by atoms with Gasteiger partial charge < -0.3 is 14.1 Å². The topological polar surface area (TPSA) is 59.8 Å². The zero-order valence-electron chi connectivity index (χ0n) is 14.3. The van der Waals surface area contributed by atoms with E-state index in [0.29, 0.717) is 25.3 Å². The lowest BCUT2D eigenvalue weighted by molar-refractivity contribution is -0.0209. The van der Waals surface area contributed by atoms with Gasteiger partial charge in [-0.3, -0.25) is 4.79 Å². The quantitative estimate of drug-likeness (QED) is 0.682. The zero-order chi connectivity index (χ0) is 17.9. The lowest BCUT2D eigenvalue weighted by Gasteiger charge is -2.33. The molecule has 0 bridgehead atoms. The lowest BCUT2D eigenvalue weighted by Crippen LogP contribution is -2.47. The van der Waals surface area contributed by atoms with Gasteiger partial charge in [-0.2, -0.15) is 0 Å². The largest absolute Gasteiger partial charge is 0.422 e. The van der Waals surface area contributed by atoms with E-state index in [1.807, 2.05) is 42.5 Å². The summed E-state index contributed by atoms with van der Waals surface area (Å²) < 4.78 is 11.1. The fourth-order valence-corrected chi connectivity index (χ4v) is 3.29. The van der Waals surface area contributed by atoms with Crippen molar-refractivity contribution >= 4 is 16.9 Å². The fraction of sp³-hybridized carbons (Fsp3) is 0.238. The van der Waals surface area contributed by atoms with Crippen molar-refractivity contribution < 1.29 is 13.9 Å². The van der Waals surface area contributed by atoms with Crippen LogP contribution in [0.4, 0.5) is 0 Å². The molecule has 1 aliphatic heterocycles. The third kappa shape index (κ3) is 3.39. The molecule has 0 N–H and O–H groups in total. The number of morpholine rings is 1. The van der Waals surface area contributed by atoms with Gasteiger partial charge in [0, 0.05) is 24.9 Å². The van der Waals surface area contributed by atoms with Crippen LogP contribution in [0, 0.1) is 0 Å². The molecule has 2 heterocycles. The Hall–Kier alpha value is -2.92. The predicted octanol–water partition coefficient (Wildman–Crippen LogP) is 2.88. The van der Waals surface area contributed by atoms with Gasteiger partial charge >= 0.3 is 5.63 Å². The second-order valence-electron chi connectivity index (χ2n) is 6.42. The Morgan fingerprint density at radius 2 is 1.85 bits per heavy atom. The van der Waals surface area contributed by atoms with Crippen LogP contribution in [0.2, 0.25) is 0 Å². The van der Waals surface area contributed by atoms with Gasteiger partial charge in [0.2, 0.25) is 0 Å². The average molecular weight is 349 g/mol. The van der Waals surface area contributed by atoms with Gasteiger partial charge in [0.15, 0.2) is 0 Å². The first-order valence-electron chi connectivity index (χ1n) is 8.68.